The molecule has 0 amide bonds. The van der Waals surface area contributed by atoms with Crippen molar-refractivity contribution in [2.24, 2.45) is 0 Å². The van der Waals surface area contributed by atoms with Crippen LogP contribution in [0.2, 0.25) is 0 Å². The molecular weight excluding hydrogens is 178 g/mol. The van der Waals surface area contributed by atoms with Gasteiger partial charge in [-0.1, -0.05) is 6.92 Å². The summed E-state index contributed by atoms with van der Waals surface area (Å²) in [6, 6.07) is 0.527. The highest BCUT2D eigenvalue weighted by Gasteiger charge is 2.06. The first-order valence-corrected chi connectivity index (χ1v) is 5.54. The molecule has 0 fully saturated rings. The number of nitrogens with one attached hydrogen (secondary N) is 1. The summed E-state index contributed by atoms with van der Waals surface area (Å²) < 4.78 is 10.6. The maximum atomic E-state index is 5.52. The molecule has 0 saturated carbocycles. The van der Waals surface area contributed by atoms with E-state index in [0.29, 0.717) is 12.1 Å². The Morgan fingerprint density at radius 2 is 1.79 bits per heavy atom. The van der Waals surface area contributed by atoms with Crippen LogP contribution in [-0.2, 0) is 9.47 Å². The summed E-state index contributed by atoms with van der Waals surface area (Å²) in [6.45, 7) is 8.92. The van der Waals surface area contributed by atoms with Crippen molar-refractivity contribution in [2.45, 2.75) is 45.8 Å². The van der Waals surface area contributed by atoms with E-state index in [1.54, 1.807) is 7.11 Å². The standard InChI is InChI=1S/C11H25NO2/c1-5-12-11(6-8-13-4)7-9-14-10(2)3/h10-12H,5-9H2,1-4H3. The molecule has 0 rings (SSSR count). The summed E-state index contributed by atoms with van der Waals surface area (Å²) >= 11 is 0. The third-order valence-electron chi connectivity index (χ3n) is 2.08. The van der Waals surface area contributed by atoms with Crippen molar-refractivity contribution in [3.63, 3.8) is 0 Å². The lowest BCUT2D eigenvalue weighted by atomic mass is 10.1. The topological polar surface area (TPSA) is 30.5 Å². The van der Waals surface area contributed by atoms with Gasteiger partial charge in [0.15, 0.2) is 0 Å². The normalized spacial score (nSPS) is 13.5. The van der Waals surface area contributed by atoms with Gasteiger partial charge in [0.05, 0.1) is 6.10 Å². The van der Waals surface area contributed by atoms with E-state index in [9.17, 15) is 0 Å². The highest BCUT2D eigenvalue weighted by Crippen LogP contribution is 2.00. The lowest BCUT2D eigenvalue weighted by Gasteiger charge is -2.18. The molecule has 14 heavy (non-hydrogen) atoms. The van der Waals surface area contributed by atoms with E-state index in [2.05, 4.69) is 26.1 Å². The fourth-order valence-electron chi connectivity index (χ4n) is 1.34. The first kappa shape index (κ1) is 13.9. The number of methoxy groups -OCH3 is 1. The molecule has 0 aromatic rings. The molecule has 1 unspecified atom stereocenters. The second-order valence-corrected chi connectivity index (χ2v) is 3.74. The molecule has 1 N–H and O–H groups in total. The van der Waals surface area contributed by atoms with Gasteiger partial charge >= 0.3 is 0 Å². The molecule has 0 aromatic heterocycles. The molecule has 86 valence electrons. The molecule has 0 aromatic carbocycles. The predicted octanol–water partition coefficient (Wildman–Crippen LogP) is 1.82. The fourth-order valence-corrected chi connectivity index (χ4v) is 1.34. The smallest absolute Gasteiger partial charge is 0.0518 e. The van der Waals surface area contributed by atoms with Crippen molar-refractivity contribution in [3.8, 4) is 0 Å². The third-order valence-corrected chi connectivity index (χ3v) is 2.08. The van der Waals surface area contributed by atoms with Gasteiger partial charge in [0.1, 0.15) is 0 Å². The second kappa shape index (κ2) is 9.44. The van der Waals surface area contributed by atoms with Crippen LogP contribution in [0.3, 0.4) is 0 Å². The monoisotopic (exact) mass is 203 g/mol. The van der Waals surface area contributed by atoms with Crippen LogP contribution in [-0.4, -0.2) is 39.0 Å². The Hall–Kier alpha value is -0.120. The van der Waals surface area contributed by atoms with Crippen LogP contribution in [0.25, 0.3) is 0 Å². The minimum atomic E-state index is 0.333. The van der Waals surface area contributed by atoms with Crippen molar-refractivity contribution in [2.75, 3.05) is 26.9 Å². The number of ether oxygens (including phenoxy) is 2. The lowest BCUT2D eigenvalue weighted by Crippen LogP contribution is -2.31. The van der Waals surface area contributed by atoms with Crippen molar-refractivity contribution < 1.29 is 9.47 Å². The van der Waals surface area contributed by atoms with Crippen LogP contribution in [0.1, 0.15) is 33.6 Å². The zero-order valence-electron chi connectivity index (χ0n) is 10.0. The molecular formula is C11H25NO2. The molecule has 0 aliphatic rings. The quantitative estimate of drug-likeness (QED) is 0.620. The first-order chi connectivity index (χ1) is 6.70. The van der Waals surface area contributed by atoms with Gasteiger partial charge in [0.25, 0.3) is 0 Å². The SMILES string of the molecule is CCNC(CCOC)CCOC(C)C. The Kier molecular flexibility index (Phi) is 9.35. The summed E-state index contributed by atoms with van der Waals surface area (Å²) in [6.07, 6.45) is 2.46. The fraction of sp³-hybridized carbons (Fsp3) is 1.00. The van der Waals surface area contributed by atoms with Gasteiger partial charge in [0.2, 0.25) is 0 Å². The highest BCUT2D eigenvalue weighted by atomic mass is 16.5. The van der Waals surface area contributed by atoms with Crippen molar-refractivity contribution >= 4 is 0 Å². The van der Waals surface area contributed by atoms with Crippen LogP contribution in [0.5, 0.6) is 0 Å². The summed E-state index contributed by atoms with van der Waals surface area (Å²) in [7, 11) is 1.74. The van der Waals surface area contributed by atoms with Crippen LogP contribution in [0.15, 0.2) is 0 Å². The molecule has 3 nitrogen and oxygen atoms in total. The van der Waals surface area contributed by atoms with Gasteiger partial charge in [-0.2, -0.15) is 0 Å². The summed E-state index contributed by atoms with van der Waals surface area (Å²) in [5, 5.41) is 3.43. The first-order valence-electron chi connectivity index (χ1n) is 5.54. The summed E-state index contributed by atoms with van der Waals surface area (Å²) in [5.41, 5.74) is 0. The van der Waals surface area contributed by atoms with Gasteiger partial charge in [0, 0.05) is 26.4 Å². The van der Waals surface area contributed by atoms with Crippen molar-refractivity contribution in [3.05, 3.63) is 0 Å². The van der Waals surface area contributed by atoms with Gasteiger partial charge in [-0.3, -0.25) is 0 Å². The Bertz CT molecular complexity index is 118. The van der Waals surface area contributed by atoms with E-state index in [-0.39, 0.29) is 0 Å². The minimum absolute atomic E-state index is 0.333. The largest absolute Gasteiger partial charge is 0.385 e. The zero-order valence-corrected chi connectivity index (χ0v) is 10.0. The number of hydrogen-bond donors (Lipinski definition) is 1. The molecule has 0 spiro atoms. The van der Waals surface area contributed by atoms with E-state index >= 15 is 0 Å². The molecule has 0 aliphatic carbocycles. The average Bonchev–Trinajstić information content (AvgIpc) is 2.13. The number of hydrogen-bond acceptors (Lipinski definition) is 3. The third kappa shape index (κ3) is 8.48. The molecule has 0 saturated heterocycles. The van der Waals surface area contributed by atoms with Gasteiger partial charge in [-0.25, -0.2) is 0 Å². The molecule has 1 atom stereocenters. The average molecular weight is 203 g/mol. The molecule has 0 bridgehead atoms. The molecule has 0 radical (unpaired) electrons. The van der Waals surface area contributed by atoms with Crippen LogP contribution in [0, 0.1) is 0 Å². The van der Waals surface area contributed by atoms with E-state index in [0.717, 1.165) is 32.6 Å². The van der Waals surface area contributed by atoms with Crippen LogP contribution in [0.4, 0.5) is 0 Å². The van der Waals surface area contributed by atoms with Gasteiger partial charge < -0.3 is 14.8 Å². The van der Waals surface area contributed by atoms with Crippen molar-refractivity contribution in [1.82, 2.24) is 5.32 Å². The molecule has 3 heteroatoms. The maximum absolute atomic E-state index is 5.52. The number of rotatable bonds is 9. The van der Waals surface area contributed by atoms with E-state index in [4.69, 9.17) is 9.47 Å². The predicted molar refractivity (Wildman–Crippen MR) is 59.7 cm³/mol. The van der Waals surface area contributed by atoms with E-state index < -0.39 is 0 Å². The Morgan fingerprint density at radius 3 is 2.29 bits per heavy atom. The summed E-state index contributed by atoms with van der Waals surface area (Å²) in [5.74, 6) is 0. The van der Waals surface area contributed by atoms with Crippen molar-refractivity contribution in [1.29, 1.82) is 0 Å². The minimum Gasteiger partial charge on any atom is -0.385 e. The van der Waals surface area contributed by atoms with Crippen LogP contribution >= 0.6 is 0 Å². The Labute approximate surface area is 88.2 Å². The Balaban J connectivity index is 3.50. The summed E-state index contributed by atoms with van der Waals surface area (Å²) in [4.78, 5) is 0. The highest BCUT2D eigenvalue weighted by molar-refractivity contribution is 4.65. The zero-order chi connectivity index (χ0) is 10.8. The molecule has 0 aliphatic heterocycles. The van der Waals surface area contributed by atoms with Crippen LogP contribution < -0.4 is 5.32 Å². The molecule has 0 heterocycles. The lowest BCUT2D eigenvalue weighted by molar-refractivity contribution is 0.0686. The maximum Gasteiger partial charge on any atom is 0.0518 e. The van der Waals surface area contributed by atoms with E-state index in [1.165, 1.54) is 0 Å². The van der Waals surface area contributed by atoms with E-state index in [1.807, 2.05) is 0 Å². The van der Waals surface area contributed by atoms with Gasteiger partial charge in [-0.15, -0.1) is 0 Å². The van der Waals surface area contributed by atoms with Gasteiger partial charge in [-0.05, 0) is 33.2 Å². The Morgan fingerprint density at radius 1 is 1.14 bits per heavy atom. The second-order valence-electron chi connectivity index (χ2n) is 3.74.